The van der Waals surface area contributed by atoms with Crippen LogP contribution in [0.25, 0.3) is 11.0 Å². The van der Waals surface area contributed by atoms with Crippen LogP contribution in [0.15, 0.2) is 30.6 Å². The smallest absolute Gasteiger partial charge is 0.213 e. The normalized spacial score (nSPS) is 26.6. The fourth-order valence-corrected chi connectivity index (χ4v) is 6.42. The Hall–Kier alpha value is -3.17. The zero-order valence-electron chi connectivity index (χ0n) is 20.5. The van der Waals surface area contributed by atoms with Gasteiger partial charge in [0.05, 0.1) is 37.3 Å². The van der Waals surface area contributed by atoms with Crippen molar-refractivity contribution < 1.29 is 18.9 Å². The van der Waals surface area contributed by atoms with Crippen LogP contribution < -0.4 is 24.3 Å². The third kappa shape index (κ3) is 3.90. The molecule has 3 aromatic rings. The predicted octanol–water partition coefficient (Wildman–Crippen LogP) is 3.07. The fraction of sp³-hybridized carbons (Fsp3) is 0.519. The van der Waals surface area contributed by atoms with Crippen molar-refractivity contribution in [2.45, 2.75) is 56.3 Å². The van der Waals surface area contributed by atoms with Crippen LogP contribution in [0.5, 0.6) is 23.1 Å². The van der Waals surface area contributed by atoms with E-state index in [9.17, 15) is 0 Å². The van der Waals surface area contributed by atoms with Crippen LogP contribution >= 0.6 is 0 Å². The summed E-state index contributed by atoms with van der Waals surface area (Å²) in [6.45, 7) is 3.61. The Bertz CT molecular complexity index is 1270. The van der Waals surface area contributed by atoms with E-state index in [1.54, 1.807) is 13.3 Å². The number of ether oxygens (including phenoxy) is 4. The average molecular weight is 490 g/mol. The molecule has 7 rings (SSSR count). The van der Waals surface area contributed by atoms with Crippen LogP contribution in [-0.2, 0) is 6.54 Å². The van der Waals surface area contributed by atoms with Gasteiger partial charge in [-0.1, -0.05) is 0 Å². The average Bonchev–Trinajstić information content (AvgIpc) is 3.43. The number of pyridine rings is 3. The van der Waals surface area contributed by atoms with Gasteiger partial charge in [0.15, 0.2) is 11.5 Å². The Labute approximate surface area is 210 Å². The summed E-state index contributed by atoms with van der Waals surface area (Å²) >= 11 is 0. The van der Waals surface area contributed by atoms with Gasteiger partial charge in [-0.25, -0.2) is 4.98 Å². The number of nitrogens with one attached hydrogen (secondary N) is 1. The number of fused-ring (bicyclic) bond motifs is 6. The molecule has 0 amide bonds. The van der Waals surface area contributed by atoms with E-state index in [1.807, 2.05) is 24.4 Å². The summed E-state index contributed by atoms with van der Waals surface area (Å²) in [7, 11) is 1.65. The van der Waals surface area contributed by atoms with Gasteiger partial charge in [-0.05, 0) is 31.7 Å². The first kappa shape index (κ1) is 22.1. The quantitative estimate of drug-likeness (QED) is 0.561. The number of aromatic nitrogens is 3. The van der Waals surface area contributed by atoms with Crippen LogP contribution in [-0.4, -0.2) is 71.5 Å². The lowest BCUT2D eigenvalue weighted by atomic mass is 9.93. The summed E-state index contributed by atoms with van der Waals surface area (Å²) in [5.41, 5.74) is 3.98. The summed E-state index contributed by atoms with van der Waals surface area (Å²) in [6, 6.07) is 7.53. The minimum Gasteiger partial charge on any atom is -0.491 e. The molecule has 4 aliphatic rings. The second-order valence-electron chi connectivity index (χ2n) is 10.2. The molecule has 3 aromatic heterocycles. The van der Waals surface area contributed by atoms with Crippen LogP contribution in [0.1, 0.15) is 42.9 Å². The van der Waals surface area contributed by atoms with E-state index < -0.39 is 0 Å². The molecule has 0 spiro atoms. The molecular formula is C27H31N5O4. The molecule has 0 saturated carbocycles. The summed E-state index contributed by atoms with van der Waals surface area (Å²) in [5.74, 6) is 3.31. The van der Waals surface area contributed by atoms with Crippen molar-refractivity contribution in [2.24, 2.45) is 0 Å². The number of methoxy groups -OCH3 is 1. The van der Waals surface area contributed by atoms with Crippen LogP contribution in [0, 0.1) is 0 Å². The van der Waals surface area contributed by atoms with Crippen molar-refractivity contribution in [3.63, 3.8) is 0 Å². The maximum absolute atomic E-state index is 6.06. The van der Waals surface area contributed by atoms with E-state index in [4.69, 9.17) is 23.9 Å². The third-order valence-corrected chi connectivity index (χ3v) is 8.12. The van der Waals surface area contributed by atoms with Gasteiger partial charge in [-0.3, -0.25) is 14.9 Å². The van der Waals surface area contributed by atoms with Crippen molar-refractivity contribution >= 4 is 11.0 Å². The molecule has 0 aliphatic carbocycles. The molecule has 3 atom stereocenters. The highest BCUT2D eigenvalue weighted by atomic mass is 16.6. The van der Waals surface area contributed by atoms with E-state index >= 15 is 0 Å². The lowest BCUT2D eigenvalue weighted by molar-refractivity contribution is 0.105. The van der Waals surface area contributed by atoms with E-state index in [0.29, 0.717) is 49.7 Å². The number of hydrogen-bond acceptors (Lipinski definition) is 9. The first-order valence-corrected chi connectivity index (χ1v) is 13.0. The molecule has 2 bridgehead atoms. The molecule has 0 radical (unpaired) electrons. The third-order valence-electron chi connectivity index (χ3n) is 8.12. The first-order valence-electron chi connectivity index (χ1n) is 13.0. The van der Waals surface area contributed by atoms with E-state index in [2.05, 4.69) is 20.2 Å². The highest BCUT2D eigenvalue weighted by molar-refractivity contribution is 5.81. The summed E-state index contributed by atoms with van der Waals surface area (Å²) in [4.78, 5) is 16.6. The molecule has 3 unspecified atom stereocenters. The van der Waals surface area contributed by atoms with E-state index in [-0.39, 0.29) is 0 Å². The van der Waals surface area contributed by atoms with Crippen LogP contribution in [0.2, 0.25) is 0 Å². The maximum atomic E-state index is 6.06. The summed E-state index contributed by atoms with van der Waals surface area (Å²) in [6.07, 6.45) is 8.46. The highest BCUT2D eigenvalue weighted by Crippen LogP contribution is 2.42. The van der Waals surface area contributed by atoms with Crippen molar-refractivity contribution in [3.8, 4) is 23.1 Å². The number of hydrogen-bond donors (Lipinski definition) is 1. The number of rotatable bonds is 6. The molecule has 0 aromatic carbocycles. The standard InChI is InChI=1S/C27H31N5O4/c1-33-25-5-4-21-27(31-25)26-16(15-36-24(26)13-30-21)14-32-19-2-3-20(32)9-17(8-19)28-11-18-10-22-23(12-29-18)35-7-6-34-22/h4-5,10,12-13,16-17,19-20,28H,2-3,6-9,11,14-15H2,1H3. The molecule has 2 saturated heterocycles. The zero-order chi connectivity index (χ0) is 24.1. The Balaban J connectivity index is 1.03. The van der Waals surface area contributed by atoms with Gasteiger partial charge in [0, 0.05) is 54.8 Å². The van der Waals surface area contributed by atoms with Gasteiger partial charge in [0.1, 0.15) is 24.5 Å². The molecule has 36 heavy (non-hydrogen) atoms. The lowest BCUT2D eigenvalue weighted by Crippen LogP contribution is -2.50. The summed E-state index contributed by atoms with van der Waals surface area (Å²) in [5, 5.41) is 3.77. The zero-order valence-corrected chi connectivity index (χ0v) is 20.5. The number of nitrogens with zero attached hydrogens (tertiary/aromatic N) is 4. The van der Waals surface area contributed by atoms with E-state index in [0.717, 1.165) is 59.9 Å². The molecular weight excluding hydrogens is 458 g/mol. The van der Waals surface area contributed by atoms with Gasteiger partial charge in [0.25, 0.3) is 0 Å². The van der Waals surface area contributed by atoms with Gasteiger partial charge in [-0.2, -0.15) is 0 Å². The first-order chi connectivity index (χ1) is 17.7. The monoisotopic (exact) mass is 489 g/mol. The fourth-order valence-electron chi connectivity index (χ4n) is 6.42. The molecule has 9 heteroatoms. The second kappa shape index (κ2) is 9.05. The highest BCUT2D eigenvalue weighted by Gasteiger charge is 2.42. The molecule has 188 valence electrons. The van der Waals surface area contributed by atoms with Crippen LogP contribution in [0.4, 0.5) is 0 Å². The number of piperidine rings is 1. The van der Waals surface area contributed by atoms with Gasteiger partial charge < -0.3 is 24.3 Å². The van der Waals surface area contributed by atoms with Crippen molar-refractivity contribution in [2.75, 3.05) is 33.5 Å². The molecule has 1 N–H and O–H groups in total. The maximum Gasteiger partial charge on any atom is 0.213 e. The second-order valence-corrected chi connectivity index (χ2v) is 10.2. The molecule has 2 fully saturated rings. The lowest BCUT2D eigenvalue weighted by Gasteiger charge is -2.40. The van der Waals surface area contributed by atoms with Gasteiger partial charge >= 0.3 is 0 Å². The molecule has 4 aliphatic heterocycles. The Morgan fingerprint density at radius 3 is 2.64 bits per heavy atom. The Morgan fingerprint density at radius 2 is 1.81 bits per heavy atom. The predicted molar refractivity (Wildman–Crippen MR) is 133 cm³/mol. The summed E-state index contributed by atoms with van der Waals surface area (Å²) < 4.78 is 22.8. The largest absolute Gasteiger partial charge is 0.491 e. The van der Waals surface area contributed by atoms with Crippen molar-refractivity contribution in [1.29, 1.82) is 0 Å². The SMILES string of the molecule is COc1ccc2ncc3c(c2n1)C(CN1C2CCC1CC(NCc1cc4c(cn1)OCCO4)C2)CO3. The Morgan fingerprint density at radius 1 is 1.00 bits per heavy atom. The van der Waals surface area contributed by atoms with Crippen molar-refractivity contribution in [3.05, 3.63) is 41.9 Å². The molecule has 7 heterocycles. The van der Waals surface area contributed by atoms with Gasteiger partial charge in [-0.15, -0.1) is 0 Å². The minimum absolute atomic E-state index is 0.291. The minimum atomic E-state index is 0.291. The van der Waals surface area contributed by atoms with Crippen molar-refractivity contribution in [1.82, 2.24) is 25.2 Å². The molecule has 9 nitrogen and oxygen atoms in total. The topological polar surface area (TPSA) is 90.9 Å². The van der Waals surface area contributed by atoms with E-state index in [1.165, 1.54) is 18.4 Å². The van der Waals surface area contributed by atoms with Gasteiger partial charge in [0.2, 0.25) is 5.88 Å². The Kier molecular flexibility index (Phi) is 5.54. The van der Waals surface area contributed by atoms with Crippen LogP contribution in [0.3, 0.4) is 0 Å².